The van der Waals surface area contributed by atoms with E-state index in [4.69, 9.17) is 0 Å². The highest BCUT2D eigenvalue weighted by atomic mass is 32.1. The van der Waals surface area contributed by atoms with Crippen LogP contribution in [0.4, 0.5) is 44.6 Å². The van der Waals surface area contributed by atoms with Crippen molar-refractivity contribution in [2.45, 2.75) is 18.5 Å². The van der Waals surface area contributed by atoms with Crippen molar-refractivity contribution in [2.75, 3.05) is 5.32 Å². The lowest BCUT2D eigenvalue weighted by Gasteiger charge is -2.16. The first-order valence-corrected chi connectivity index (χ1v) is 8.92. The maximum Gasteiger partial charge on any atom is 0.434 e. The SMILES string of the molecule is O=C(Nc1nc(-c2c(C(F)(F)F)cccc2C(F)(F)F)ns1)c1cccnc1C(F)(F)F. The van der Waals surface area contributed by atoms with Crippen molar-refractivity contribution in [1.82, 2.24) is 14.3 Å². The summed E-state index contributed by atoms with van der Waals surface area (Å²) in [6.45, 7) is 0. The van der Waals surface area contributed by atoms with Crippen molar-refractivity contribution in [3.05, 3.63) is 58.9 Å². The van der Waals surface area contributed by atoms with Crippen LogP contribution in [-0.4, -0.2) is 20.2 Å². The number of hydrogen-bond donors (Lipinski definition) is 1. The highest BCUT2D eigenvalue weighted by Gasteiger charge is 2.42. The minimum atomic E-state index is -5.19. The number of carbonyl (C=O) groups is 1. The van der Waals surface area contributed by atoms with Gasteiger partial charge in [-0.05, 0) is 24.3 Å². The predicted octanol–water partition coefficient (Wildman–Crippen LogP) is 5.91. The third-order valence-electron chi connectivity index (χ3n) is 3.87. The van der Waals surface area contributed by atoms with E-state index in [2.05, 4.69) is 14.3 Å². The standard InChI is InChI=1S/C17H7F9N4OS/c18-15(19,20)8-4-1-5-9(16(21,22)23)10(8)12-28-14(32-30-12)29-13(31)7-3-2-6-27-11(7)17(24,25)26/h1-6H,(H,28,29,30,31). The molecule has 0 radical (unpaired) electrons. The molecule has 1 aromatic carbocycles. The zero-order chi connectivity index (χ0) is 23.9. The molecule has 3 aromatic rings. The van der Waals surface area contributed by atoms with Gasteiger partial charge in [-0.15, -0.1) is 0 Å². The van der Waals surface area contributed by atoms with Crippen molar-refractivity contribution < 1.29 is 44.3 Å². The Morgan fingerprint density at radius 3 is 1.97 bits per heavy atom. The molecule has 0 aliphatic heterocycles. The van der Waals surface area contributed by atoms with Gasteiger partial charge in [0.2, 0.25) is 5.13 Å². The van der Waals surface area contributed by atoms with Crippen molar-refractivity contribution in [1.29, 1.82) is 0 Å². The van der Waals surface area contributed by atoms with Crippen LogP contribution in [0.3, 0.4) is 0 Å². The van der Waals surface area contributed by atoms with Crippen LogP contribution in [0.5, 0.6) is 0 Å². The number of nitrogens with one attached hydrogen (secondary N) is 1. The molecule has 5 nitrogen and oxygen atoms in total. The van der Waals surface area contributed by atoms with Gasteiger partial charge >= 0.3 is 18.5 Å². The van der Waals surface area contributed by atoms with Gasteiger partial charge in [-0.1, -0.05) is 6.07 Å². The molecule has 0 saturated heterocycles. The number of aromatic nitrogens is 3. The van der Waals surface area contributed by atoms with Gasteiger partial charge in [-0.2, -0.15) is 48.9 Å². The highest BCUT2D eigenvalue weighted by molar-refractivity contribution is 7.10. The smallest absolute Gasteiger partial charge is 0.297 e. The first-order chi connectivity index (χ1) is 14.7. The quantitative estimate of drug-likeness (QED) is 0.468. The second-order valence-electron chi connectivity index (χ2n) is 6.00. The first kappa shape index (κ1) is 23.4. The second-order valence-corrected chi connectivity index (χ2v) is 6.75. The molecule has 0 atom stereocenters. The molecule has 1 amide bonds. The molecule has 0 saturated carbocycles. The molecular weight excluding hydrogens is 479 g/mol. The predicted molar refractivity (Wildman–Crippen MR) is 92.5 cm³/mol. The van der Waals surface area contributed by atoms with Crippen LogP contribution in [0.1, 0.15) is 27.2 Å². The number of halogens is 9. The van der Waals surface area contributed by atoms with E-state index in [0.29, 0.717) is 18.2 Å². The Labute approximate surface area is 176 Å². The summed E-state index contributed by atoms with van der Waals surface area (Å²) in [6, 6.07) is 3.17. The fourth-order valence-corrected chi connectivity index (χ4v) is 3.19. The molecule has 2 aromatic heterocycles. The molecule has 32 heavy (non-hydrogen) atoms. The Balaban J connectivity index is 2.02. The summed E-state index contributed by atoms with van der Waals surface area (Å²) in [5, 5.41) is 1.26. The number of alkyl halides is 9. The number of anilines is 1. The monoisotopic (exact) mass is 486 g/mol. The van der Waals surface area contributed by atoms with E-state index in [0.717, 1.165) is 18.3 Å². The van der Waals surface area contributed by atoms with Gasteiger partial charge in [-0.25, -0.2) is 0 Å². The van der Waals surface area contributed by atoms with Crippen LogP contribution in [-0.2, 0) is 18.5 Å². The van der Waals surface area contributed by atoms with Crippen LogP contribution in [0.2, 0.25) is 0 Å². The zero-order valence-electron chi connectivity index (χ0n) is 15.0. The normalized spacial score (nSPS) is 12.7. The molecule has 15 heteroatoms. The second kappa shape index (κ2) is 8.03. The molecule has 3 rings (SSSR count). The van der Waals surface area contributed by atoms with E-state index in [9.17, 15) is 44.3 Å². The molecule has 0 aliphatic rings. The lowest BCUT2D eigenvalue weighted by molar-refractivity contribution is -0.142. The van der Waals surface area contributed by atoms with E-state index in [1.165, 1.54) is 0 Å². The summed E-state index contributed by atoms with van der Waals surface area (Å²) in [4.78, 5) is 18.7. The molecule has 0 aliphatic carbocycles. The van der Waals surface area contributed by atoms with Crippen molar-refractivity contribution in [3.8, 4) is 11.4 Å². The minimum absolute atomic E-state index is 0.190. The molecule has 170 valence electrons. The van der Waals surface area contributed by atoms with Crippen molar-refractivity contribution >= 4 is 22.6 Å². The Kier molecular flexibility index (Phi) is 5.88. The molecule has 1 N–H and O–H groups in total. The minimum Gasteiger partial charge on any atom is -0.297 e. The van der Waals surface area contributed by atoms with Crippen LogP contribution in [0, 0.1) is 0 Å². The number of rotatable bonds is 3. The van der Waals surface area contributed by atoms with E-state index in [1.54, 1.807) is 0 Å². The van der Waals surface area contributed by atoms with Crippen LogP contribution < -0.4 is 5.32 Å². The average Bonchev–Trinajstić information content (AvgIpc) is 3.13. The lowest BCUT2D eigenvalue weighted by atomic mass is 9.99. The summed E-state index contributed by atoms with van der Waals surface area (Å²) in [7, 11) is 0. The Bertz CT molecular complexity index is 1120. The molecule has 0 bridgehead atoms. The summed E-state index contributed by atoms with van der Waals surface area (Å²) < 4.78 is 122. The molecule has 2 heterocycles. The average molecular weight is 486 g/mol. The van der Waals surface area contributed by atoms with Gasteiger partial charge in [-0.3, -0.25) is 15.1 Å². The largest absolute Gasteiger partial charge is 0.434 e. The lowest BCUT2D eigenvalue weighted by Crippen LogP contribution is -2.20. The Morgan fingerprint density at radius 1 is 0.844 bits per heavy atom. The van der Waals surface area contributed by atoms with Gasteiger partial charge in [0.1, 0.15) is 0 Å². The number of pyridine rings is 1. The maximum atomic E-state index is 13.3. The number of amides is 1. The summed E-state index contributed by atoms with van der Waals surface area (Å²) in [6.07, 6.45) is -14.6. The summed E-state index contributed by atoms with van der Waals surface area (Å²) >= 11 is 0.190. The molecule has 0 fully saturated rings. The third-order valence-corrected chi connectivity index (χ3v) is 4.50. The molecule has 0 unspecified atom stereocenters. The zero-order valence-corrected chi connectivity index (χ0v) is 15.8. The Hall–Kier alpha value is -3.23. The van der Waals surface area contributed by atoms with E-state index >= 15 is 0 Å². The first-order valence-electron chi connectivity index (χ1n) is 8.14. The van der Waals surface area contributed by atoms with Gasteiger partial charge in [0.25, 0.3) is 5.91 Å². The summed E-state index contributed by atoms with van der Waals surface area (Å²) in [5.74, 6) is -2.39. The fourth-order valence-electron chi connectivity index (χ4n) is 2.62. The number of carbonyl (C=O) groups excluding carboxylic acids is 1. The number of nitrogens with zero attached hydrogens (tertiary/aromatic N) is 3. The number of hydrogen-bond acceptors (Lipinski definition) is 5. The van der Waals surface area contributed by atoms with Gasteiger partial charge in [0.05, 0.1) is 16.7 Å². The van der Waals surface area contributed by atoms with Crippen LogP contribution in [0.15, 0.2) is 36.5 Å². The molecular formula is C17H7F9N4OS. The Morgan fingerprint density at radius 2 is 1.44 bits per heavy atom. The fraction of sp³-hybridized carbons (Fsp3) is 0.176. The van der Waals surface area contributed by atoms with E-state index < -0.39 is 63.3 Å². The summed E-state index contributed by atoms with van der Waals surface area (Å²) in [5.41, 5.74) is -7.18. The van der Waals surface area contributed by atoms with Crippen LogP contribution >= 0.6 is 11.5 Å². The third kappa shape index (κ3) is 4.81. The maximum absolute atomic E-state index is 13.3. The van der Waals surface area contributed by atoms with E-state index in [-0.39, 0.29) is 11.5 Å². The van der Waals surface area contributed by atoms with Crippen LogP contribution in [0.25, 0.3) is 11.4 Å². The van der Waals surface area contributed by atoms with Crippen molar-refractivity contribution in [3.63, 3.8) is 0 Å². The highest BCUT2D eigenvalue weighted by Crippen LogP contribution is 2.44. The molecule has 0 spiro atoms. The van der Waals surface area contributed by atoms with Gasteiger partial charge in [0.15, 0.2) is 11.5 Å². The van der Waals surface area contributed by atoms with Gasteiger partial charge < -0.3 is 0 Å². The van der Waals surface area contributed by atoms with Crippen molar-refractivity contribution in [2.24, 2.45) is 0 Å². The number of benzene rings is 1. The topological polar surface area (TPSA) is 67.8 Å². The van der Waals surface area contributed by atoms with Gasteiger partial charge in [0, 0.05) is 23.3 Å². The van der Waals surface area contributed by atoms with E-state index in [1.807, 2.05) is 5.32 Å².